The molecule has 0 radical (unpaired) electrons. The van der Waals surface area contributed by atoms with Crippen LogP contribution in [0.25, 0.3) is 10.4 Å². The number of carbonyl (C=O) groups is 1. The Balaban J connectivity index is 0.000000256. The molecule has 0 aliphatic rings. The zero-order chi connectivity index (χ0) is 12.8. The van der Waals surface area contributed by atoms with Gasteiger partial charge in [0.25, 0.3) is 0 Å². The van der Waals surface area contributed by atoms with Gasteiger partial charge in [-0.25, -0.2) is 12.1 Å². The smallest absolute Gasteiger partial charge is 0.294 e. The van der Waals surface area contributed by atoms with Gasteiger partial charge >= 0.3 is 17.1 Å². The van der Waals surface area contributed by atoms with Gasteiger partial charge in [-0.3, -0.25) is 4.79 Å². The van der Waals surface area contributed by atoms with Crippen molar-refractivity contribution in [1.29, 1.82) is 0 Å². The van der Waals surface area contributed by atoms with E-state index in [9.17, 15) is 4.79 Å². The number of Topliss-reactive ketones (excluding diaryl/α,β-unsaturated/α-hetero) is 1. The molecule has 3 rings (SSSR count). The predicted octanol–water partition coefficient (Wildman–Crippen LogP) is 4.74. The Labute approximate surface area is 128 Å². The molecule has 0 atom stereocenters. The van der Waals surface area contributed by atoms with Gasteiger partial charge in [0.05, 0.1) is 4.88 Å². The van der Waals surface area contributed by atoms with Crippen LogP contribution in [-0.4, -0.2) is 5.78 Å². The zero-order valence-electron chi connectivity index (χ0n) is 10.5. The van der Waals surface area contributed by atoms with Gasteiger partial charge in [0.1, 0.15) is 0 Å². The summed E-state index contributed by atoms with van der Waals surface area (Å²) in [5.41, 5.74) is 1.19. The van der Waals surface area contributed by atoms with E-state index in [0.29, 0.717) is 0 Å². The first-order valence-electron chi connectivity index (χ1n) is 5.77. The van der Waals surface area contributed by atoms with Gasteiger partial charge < -0.3 is 0 Å². The molecule has 1 nitrogen and oxygen atoms in total. The molecule has 1 heterocycles. The number of hydrogen-bond acceptors (Lipinski definition) is 2. The summed E-state index contributed by atoms with van der Waals surface area (Å²) in [7, 11) is 0. The van der Waals surface area contributed by atoms with E-state index in [0.717, 1.165) is 9.75 Å². The fourth-order valence-corrected chi connectivity index (χ4v) is 2.45. The van der Waals surface area contributed by atoms with Gasteiger partial charge in [-0.1, -0.05) is 6.07 Å². The van der Waals surface area contributed by atoms with Gasteiger partial charge in [0.15, 0.2) is 5.78 Å². The summed E-state index contributed by atoms with van der Waals surface area (Å²) in [6.07, 6.45) is 0. The van der Waals surface area contributed by atoms with Crippen LogP contribution in [0.3, 0.4) is 0 Å². The summed E-state index contributed by atoms with van der Waals surface area (Å²) in [6.45, 7) is 1.60. The van der Waals surface area contributed by atoms with Crippen LogP contribution >= 0.6 is 11.3 Å². The van der Waals surface area contributed by atoms with Crippen molar-refractivity contribution in [3.63, 3.8) is 0 Å². The van der Waals surface area contributed by atoms with Crippen LogP contribution in [0.4, 0.5) is 0 Å². The molecule has 0 N–H and O–H groups in total. The Hall–Kier alpha value is -1.41. The van der Waals surface area contributed by atoms with Crippen molar-refractivity contribution in [3.05, 3.63) is 71.6 Å². The van der Waals surface area contributed by atoms with Crippen LogP contribution in [-0.2, 0) is 17.1 Å². The van der Waals surface area contributed by atoms with E-state index in [1.807, 2.05) is 54.6 Å². The molecular formula is C16H14FeOS. The monoisotopic (exact) mass is 310 g/mol. The van der Waals surface area contributed by atoms with Crippen molar-refractivity contribution in [2.24, 2.45) is 0 Å². The van der Waals surface area contributed by atoms with E-state index in [2.05, 4.69) is 12.1 Å². The number of carbonyl (C=O) groups excluding carboxylic acids is 1. The maximum absolute atomic E-state index is 11.0. The van der Waals surface area contributed by atoms with E-state index in [4.69, 9.17) is 0 Å². The molecule has 3 aromatic rings. The second-order valence-corrected chi connectivity index (χ2v) is 4.94. The Kier molecular flexibility index (Phi) is 6.51. The summed E-state index contributed by atoms with van der Waals surface area (Å²) in [4.78, 5) is 13.0. The van der Waals surface area contributed by atoms with Crippen molar-refractivity contribution in [2.75, 3.05) is 0 Å². The largest absolute Gasteiger partial charge is 2.00 e. The van der Waals surface area contributed by atoms with Crippen LogP contribution < -0.4 is 0 Å². The second-order valence-electron chi connectivity index (χ2n) is 3.86. The first kappa shape index (κ1) is 15.6. The van der Waals surface area contributed by atoms with Gasteiger partial charge in [0.2, 0.25) is 0 Å². The Bertz CT molecular complexity index is 559. The van der Waals surface area contributed by atoms with Gasteiger partial charge in [0, 0.05) is 0 Å². The molecular weight excluding hydrogens is 296 g/mol. The summed E-state index contributed by atoms with van der Waals surface area (Å²) in [5.74, 6) is 0.141. The third kappa shape index (κ3) is 4.64. The van der Waals surface area contributed by atoms with E-state index < -0.39 is 0 Å². The van der Waals surface area contributed by atoms with Crippen molar-refractivity contribution in [3.8, 4) is 10.4 Å². The molecule has 98 valence electrons. The Morgan fingerprint density at radius 1 is 1.11 bits per heavy atom. The first-order valence-corrected chi connectivity index (χ1v) is 6.58. The standard InChI is InChI=1S/C11H9OS.C5H5.Fe/c1-8(12)10-6-7-11(13-10)9-4-2-3-5-9;1-2-4-5-3-1;/h2-7H,1H3;1-5H;/q2*-1;+2. The molecule has 1 aromatic heterocycles. The van der Waals surface area contributed by atoms with E-state index >= 15 is 0 Å². The molecule has 0 aliphatic heterocycles. The molecule has 3 heteroatoms. The summed E-state index contributed by atoms with van der Waals surface area (Å²) in [6, 6.07) is 22.0. The van der Waals surface area contributed by atoms with Gasteiger partial charge in [-0.2, -0.15) is 41.7 Å². The van der Waals surface area contributed by atoms with Crippen LogP contribution in [0.2, 0.25) is 0 Å². The maximum Gasteiger partial charge on any atom is 2.00 e. The molecule has 0 amide bonds. The summed E-state index contributed by atoms with van der Waals surface area (Å²) >= 11 is 1.55. The van der Waals surface area contributed by atoms with Crippen LogP contribution in [0.15, 0.2) is 66.7 Å². The molecule has 19 heavy (non-hydrogen) atoms. The molecule has 0 bridgehead atoms. The average molecular weight is 310 g/mol. The fourth-order valence-electron chi connectivity index (χ4n) is 1.54. The fraction of sp³-hybridized carbons (Fsp3) is 0.0625. The average Bonchev–Trinajstić information content (AvgIpc) is 3.14. The predicted molar refractivity (Wildman–Crippen MR) is 77.4 cm³/mol. The minimum Gasteiger partial charge on any atom is -0.294 e. The van der Waals surface area contributed by atoms with Gasteiger partial charge in [-0.15, -0.1) is 23.8 Å². The third-order valence-electron chi connectivity index (χ3n) is 2.46. The molecule has 0 fully saturated rings. The topological polar surface area (TPSA) is 17.1 Å². The SMILES string of the molecule is CC(=O)c1ccc(-[c-]2cccc2)s1.[Fe+2].c1cc[cH-]c1. The minimum absolute atomic E-state index is 0. The number of hydrogen-bond donors (Lipinski definition) is 0. The molecule has 0 spiro atoms. The molecule has 0 saturated carbocycles. The van der Waals surface area contributed by atoms with Crippen molar-refractivity contribution >= 4 is 17.1 Å². The number of ketones is 1. The maximum atomic E-state index is 11.0. The van der Waals surface area contributed by atoms with Crippen LogP contribution in [0.5, 0.6) is 0 Å². The normalized spacial score (nSPS) is 9.11. The van der Waals surface area contributed by atoms with Gasteiger partial charge in [-0.05, 0) is 11.8 Å². The number of thiophene rings is 1. The number of rotatable bonds is 2. The molecule has 0 aliphatic carbocycles. The van der Waals surface area contributed by atoms with Crippen molar-refractivity contribution in [2.45, 2.75) is 6.92 Å². The Morgan fingerprint density at radius 2 is 1.74 bits per heavy atom. The zero-order valence-corrected chi connectivity index (χ0v) is 12.4. The molecule has 2 aromatic carbocycles. The summed E-state index contributed by atoms with van der Waals surface area (Å²) in [5, 5.41) is 0. The van der Waals surface area contributed by atoms with Crippen molar-refractivity contribution < 1.29 is 21.9 Å². The van der Waals surface area contributed by atoms with Crippen molar-refractivity contribution in [1.82, 2.24) is 0 Å². The van der Waals surface area contributed by atoms with Crippen LogP contribution in [0, 0.1) is 0 Å². The first-order chi connectivity index (χ1) is 8.77. The Morgan fingerprint density at radius 3 is 2.16 bits per heavy atom. The second kappa shape index (κ2) is 7.90. The molecule has 0 saturated heterocycles. The quantitative estimate of drug-likeness (QED) is 0.379. The van der Waals surface area contributed by atoms with E-state index in [1.54, 1.807) is 18.3 Å². The third-order valence-corrected chi connectivity index (χ3v) is 3.69. The van der Waals surface area contributed by atoms with E-state index in [1.165, 1.54) is 5.56 Å². The summed E-state index contributed by atoms with van der Waals surface area (Å²) < 4.78 is 0. The van der Waals surface area contributed by atoms with E-state index in [-0.39, 0.29) is 22.9 Å². The van der Waals surface area contributed by atoms with Crippen LogP contribution in [0.1, 0.15) is 16.6 Å². The minimum atomic E-state index is 0. The molecule has 0 unspecified atom stereocenters.